The molecule has 98 valence electrons. The lowest BCUT2D eigenvalue weighted by Crippen LogP contribution is -2.29. The average Bonchev–Trinajstić information content (AvgIpc) is 2.89. The van der Waals surface area contributed by atoms with E-state index >= 15 is 0 Å². The van der Waals surface area contributed by atoms with Crippen molar-refractivity contribution in [2.75, 3.05) is 6.54 Å². The molecule has 2 heterocycles. The summed E-state index contributed by atoms with van der Waals surface area (Å²) in [6.07, 6.45) is 5.02. The molecule has 0 saturated carbocycles. The molecular formula is C8H11BrN6O2S. The standard InChI is InChI=1S/C8H11BrN6O2S/c1-14-8(7(9)12-13-14)18(16,17)11-3-5-15-4-2-10-6-15/h2,4,6,11H,3,5H2,1H3. The van der Waals surface area contributed by atoms with Gasteiger partial charge in [0.15, 0.2) is 4.60 Å². The van der Waals surface area contributed by atoms with Crippen molar-refractivity contribution < 1.29 is 8.42 Å². The van der Waals surface area contributed by atoms with Crippen LogP contribution in [0.1, 0.15) is 0 Å². The van der Waals surface area contributed by atoms with Crippen molar-refractivity contribution in [2.24, 2.45) is 7.05 Å². The van der Waals surface area contributed by atoms with Crippen molar-refractivity contribution in [3.63, 3.8) is 0 Å². The Morgan fingerprint density at radius 2 is 2.28 bits per heavy atom. The van der Waals surface area contributed by atoms with E-state index in [2.05, 4.69) is 35.9 Å². The fourth-order valence-corrected chi connectivity index (χ4v) is 3.52. The normalized spacial score (nSPS) is 11.9. The van der Waals surface area contributed by atoms with Gasteiger partial charge in [-0.05, 0) is 15.9 Å². The number of imidazole rings is 1. The summed E-state index contributed by atoms with van der Waals surface area (Å²) in [5.74, 6) is 0. The number of nitrogens with one attached hydrogen (secondary N) is 1. The van der Waals surface area contributed by atoms with Gasteiger partial charge in [-0.1, -0.05) is 5.21 Å². The molecule has 0 fully saturated rings. The first-order chi connectivity index (χ1) is 8.50. The van der Waals surface area contributed by atoms with E-state index in [1.54, 1.807) is 23.3 Å². The summed E-state index contributed by atoms with van der Waals surface area (Å²) in [6.45, 7) is 0.762. The van der Waals surface area contributed by atoms with Gasteiger partial charge in [0.2, 0.25) is 5.03 Å². The van der Waals surface area contributed by atoms with Crippen LogP contribution in [-0.4, -0.2) is 39.5 Å². The molecule has 0 radical (unpaired) electrons. The first-order valence-corrected chi connectivity index (χ1v) is 7.29. The Bertz CT molecular complexity index is 601. The highest BCUT2D eigenvalue weighted by molar-refractivity contribution is 9.10. The number of rotatable bonds is 5. The topological polar surface area (TPSA) is 94.7 Å². The van der Waals surface area contributed by atoms with Crippen LogP contribution in [0, 0.1) is 0 Å². The maximum atomic E-state index is 12.0. The highest BCUT2D eigenvalue weighted by Gasteiger charge is 2.23. The zero-order chi connectivity index (χ0) is 13.2. The van der Waals surface area contributed by atoms with Crippen LogP contribution in [0.15, 0.2) is 28.4 Å². The molecule has 1 N–H and O–H groups in total. The quantitative estimate of drug-likeness (QED) is 0.813. The third kappa shape index (κ3) is 2.76. The second-order valence-electron chi connectivity index (χ2n) is 3.51. The second-order valence-corrected chi connectivity index (χ2v) is 5.94. The maximum Gasteiger partial charge on any atom is 0.260 e. The molecule has 0 saturated heterocycles. The van der Waals surface area contributed by atoms with Crippen molar-refractivity contribution in [3.8, 4) is 0 Å². The number of aromatic nitrogens is 5. The third-order valence-electron chi connectivity index (χ3n) is 2.21. The van der Waals surface area contributed by atoms with Gasteiger partial charge in [-0.2, -0.15) is 0 Å². The summed E-state index contributed by atoms with van der Waals surface area (Å²) in [6, 6.07) is 0. The minimum absolute atomic E-state index is 0.00753. The van der Waals surface area contributed by atoms with Crippen LogP contribution in [0.4, 0.5) is 0 Å². The van der Waals surface area contributed by atoms with E-state index in [0.717, 1.165) is 0 Å². The summed E-state index contributed by atoms with van der Waals surface area (Å²) in [5, 5.41) is 7.27. The molecule has 0 aliphatic carbocycles. The third-order valence-corrected chi connectivity index (χ3v) is 4.56. The molecule has 0 atom stereocenters. The predicted molar refractivity (Wildman–Crippen MR) is 66.1 cm³/mol. The molecule has 10 heteroatoms. The molecule has 2 rings (SSSR count). The lowest BCUT2D eigenvalue weighted by molar-refractivity contribution is 0.553. The molecule has 0 amide bonds. The Kier molecular flexibility index (Phi) is 3.78. The Morgan fingerprint density at radius 1 is 1.50 bits per heavy atom. The van der Waals surface area contributed by atoms with Gasteiger partial charge in [-0.3, -0.25) is 0 Å². The summed E-state index contributed by atoms with van der Waals surface area (Å²) in [4.78, 5) is 3.87. The lowest BCUT2D eigenvalue weighted by atomic mass is 10.6. The van der Waals surface area contributed by atoms with Crippen LogP contribution >= 0.6 is 15.9 Å². The average molecular weight is 335 g/mol. The van der Waals surface area contributed by atoms with Crippen molar-refractivity contribution >= 4 is 26.0 Å². The number of hydrogen-bond donors (Lipinski definition) is 1. The van der Waals surface area contributed by atoms with Crippen LogP contribution in [0.2, 0.25) is 0 Å². The molecule has 0 aliphatic heterocycles. The molecule has 18 heavy (non-hydrogen) atoms. The molecule has 2 aromatic rings. The van der Waals surface area contributed by atoms with Gasteiger partial charge in [-0.25, -0.2) is 22.8 Å². The first-order valence-electron chi connectivity index (χ1n) is 5.01. The van der Waals surface area contributed by atoms with E-state index in [-0.39, 0.29) is 16.2 Å². The van der Waals surface area contributed by atoms with E-state index in [0.29, 0.717) is 6.54 Å². The highest BCUT2D eigenvalue weighted by Crippen LogP contribution is 2.17. The minimum Gasteiger partial charge on any atom is -0.336 e. The van der Waals surface area contributed by atoms with Gasteiger partial charge in [0.1, 0.15) is 0 Å². The van der Waals surface area contributed by atoms with Gasteiger partial charge < -0.3 is 4.57 Å². The molecule has 0 aliphatic rings. The van der Waals surface area contributed by atoms with Crippen molar-refractivity contribution in [2.45, 2.75) is 11.6 Å². The van der Waals surface area contributed by atoms with Gasteiger partial charge >= 0.3 is 0 Å². The van der Waals surface area contributed by atoms with Crippen molar-refractivity contribution in [3.05, 3.63) is 23.3 Å². The van der Waals surface area contributed by atoms with E-state index in [1.807, 2.05) is 0 Å². The van der Waals surface area contributed by atoms with Crippen molar-refractivity contribution in [1.29, 1.82) is 0 Å². The second kappa shape index (κ2) is 5.16. The number of nitrogens with zero attached hydrogens (tertiary/aromatic N) is 5. The summed E-state index contributed by atoms with van der Waals surface area (Å²) < 4.78 is 29.6. The van der Waals surface area contributed by atoms with Gasteiger partial charge in [0.25, 0.3) is 10.0 Å². The van der Waals surface area contributed by atoms with Crippen LogP contribution in [-0.2, 0) is 23.6 Å². The van der Waals surface area contributed by atoms with Crippen LogP contribution < -0.4 is 4.72 Å². The van der Waals surface area contributed by atoms with Gasteiger partial charge in [-0.15, -0.1) is 5.10 Å². The Hall–Kier alpha value is -1.26. The zero-order valence-electron chi connectivity index (χ0n) is 9.49. The summed E-state index contributed by atoms with van der Waals surface area (Å²) in [7, 11) is -2.11. The maximum absolute atomic E-state index is 12.0. The van der Waals surface area contributed by atoms with Gasteiger partial charge in [0.05, 0.1) is 6.33 Å². The highest BCUT2D eigenvalue weighted by atomic mass is 79.9. The molecule has 0 unspecified atom stereocenters. The van der Waals surface area contributed by atoms with Crippen LogP contribution in [0.3, 0.4) is 0 Å². The molecule has 2 aromatic heterocycles. The Morgan fingerprint density at radius 3 is 2.83 bits per heavy atom. The SMILES string of the molecule is Cn1nnc(Br)c1S(=O)(=O)NCCn1ccnc1. The monoisotopic (exact) mass is 334 g/mol. The number of sulfonamides is 1. The van der Waals surface area contributed by atoms with Crippen LogP contribution in [0.25, 0.3) is 0 Å². The smallest absolute Gasteiger partial charge is 0.260 e. The van der Waals surface area contributed by atoms with E-state index in [1.165, 1.54) is 11.7 Å². The molecule has 8 nitrogen and oxygen atoms in total. The number of hydrogen-bond acceptors (Lipinski definition) is 5. The zero-order valence-corrected chi connectivity index (χ0v) is 11.9. The predicted octanol–water partition coefficient (Wildman–Crippen LogP) is -0.247. The summed E-state index contributed by atoms with van der Waals surface area (Å²) >= 11 is 3.05. The largest absolute Gasteiger partial charge is 0.336 e. The van der Waals surface area contributed by atoms with Crippen molar-refractivity contribution in [1.82, 2.24) is 29.3 Å². The Balaban J connectivity index is 2.04. The van der Waals surface area contributed by atoms with E-state index < -0.39 is 10.0 Å². The molecule has 0 aromatic carbocycles. The lowest BCUT2D eigenvalue weighted by Gasteiger charge is -2.06. The first kappa shape index (κ1) is 13.2. The molecule has 0 spiro atoms. The summed E-state index contributed by atoms with van der Waals surface area (Å²) in [5.41, 5.74) is 0. The molecular weight excluding hydrogens is 324 g/mol. The van der Waals surface area contributed by atoms with E-state index in [9.17, 15) is 8.42 Å². The molecule has 0 bridgehead atoms. The minimum atomic E-state index is -3.62. The number of halogens is 1. The fraction of sp³-hybridized carbons (Fsp3) is 0.375. The van der Waals surface area contributed by atoms with Crippen LogP contribution in [0.5, 0.6) is 0 Å². The number of aryl methyl sites for hydroxylation is 1. The fourth-order valence-electron chi connectivity index (χ4n) is 1.40. The van der Waals surface area contributed by atoms with E-state index in [4.69, 9.17) is 0 Å². The Labute approximate surface area is 112 Å². The van der Waals surface area contributed by atoms with Gasteiger partial charge in [0, 0.05) is 32.5 Å².